The Labute approximate surface area is 153 Å². The standard InChI is InChI=1S/C20H35N3O2/c1-7-9-13-22(14-18-11-10-12-21(18)6)19(24)15-23(17(5)8-2)20(25)16(3)4/h10-12,16-17H,7-9,13-15H2,1-6H3. The van der Waals surface area contributed by atoms with Crippen LogP contribution in [0.5, 0.6) is 0 Å². The first-order chi connectivity index (χ1) is 11.8. The lowest BCUT2D eigenvalue weighted by Gasteiger charge is -2.32. The fraction of sp³-hybridized carbons (Fsp3) is 0.700. The summed E-state index contributed by atoms with van der Waals surface area (Å²) in [5.41, 5.74) is 1.11. The molecule has 5 heteroatoms. The predicted octanol–water partition coefficient (Wildman–Crippen LogP) is 3.44. The zero-order valence-corrected chi connectivity index (χ0v) is 16.8. The maximum atomic E-state index is 13.0. The summed E-state index contributed by atoms with van der Waals surface area (Å²) in [6.45, 7) is 11.5. The zero-order valence-electron chi connectivity index (χ0n) is 16.8. The maximum absolute atomic E-state index is 13.0. The lowest BCUT2D eigenvalue weighted by molar-refractivity contribution is -0.144. The fourth-order valence-electron chi connectivity index (χ4n) is 2.75. The average Bonchev–Trinajstić information content (AvgIpc) is 2.99. The third-order valence-electron chi connectivity index (χ3n) is 4.74. The maximum Gasteiger partial charge on any atom is 0.242 e. The van der Waals surface area contributed by atoms with Crippen LogP contribution in [-0.2, 0) is 23.2 Å². The van der Waals surface area contributed by atoms with Crippen molar-refractivity contribution in [1.82, 2.24) is 14.4 Å². The molecular weight excluding hydrogens is 314 g/mol. The molecule has 0 fully saturated rings. The summed E-state index contributed by atoms with van der Waals surface area (Å²) in [4.78, 5) is 29.1. The molecule has 142 valence electrons. The minimum atomic E-state index is -0.0984. The highest BCUT2D eigenvalue weighted by molar-refractivity contribution is 5.85. The van der Waals surface area contributed by atoms with Gasteiger partial charge >= 0.3 is 0 Å². The van der Waals surface area contributed by atoms with Crippen LogP contribution in [0.2, 0.25) is 0 Å². The number of unbranched alkanes of at least 4 members (excludes halogenated alkanes) is 1. The highest BCUT2D eigenvalue weighted by atomic mass is 16.2. The van der Waals surface area contributed by atoms with E-state index in [1.54, 1.807) is 4.90 Å². The van der Waals surface area contributed by atoms with Crippen molar-refractivity contribution in [2.75, 3.05) is 13.1 Å². The van der Waals surface area contributed by atoms with E-state index in [4.69, 9.17) is 0 Å². The van der Waals surface area contributed by atoms with Crippen LogP contribution in [0, 0.1) is 5.92 Å². The van der Waals surface area contributed by atoms with E-state index in [2.05, 4.69) is 13.8 Å². The van der Waals surface area contributed by atoms with Gasteiger partial charge in [-0.15, -0.1) is 0 Å². The second kappa shape index (κ2) is 10.3. The first-order valence-electron chi connectivity index (χ1n) is 9.50. The zero-order chi connectivity index (χ0) is 19.0. The Balaban J connectivity index is 2.90. The first kappa shape index (κ1) is 21.3. The van der Waals surface area contributed by atoms with Crippen molar-refractivity contribution in [3.8, 4) is 0 Å². The second-order valence-electron chi connectivity index (χ2n) is 7.16. The van der Waals surface area contributed by atoms with Gasteiger partial charge in [0.25, 0.3) is 0 Å². The summed E-state index contributed by atoms with van der Waals surface area (Å²) in [6, 6.07) is 4.10. The number of hydrogen-bond acceptors (Lipinski definition) is 2. The molecule has 1 aromatic heterocycles. The Bertz CT molecular complexity index is 551. The fourth-order valence-corrected chi connectivity index (χ4v) is 2.75. The number of hydrogen-bond donors (Lipinski definition) is 0. The molecule has 1 heterocycles. The van der Waals surface area contributed by atoms with Crippen molar-refractivity contribution in [2.24, 2.45) is 13.0 Å². The van der Waals surface area contributed by atoms with Crippen molar-refractivity contribution >= 4 is 11.8 Å². The summed E-state index contributed by atoms with van der Waals surface area (Å²) in [5, 5.41) is 0. The molecule has 25 heavy (non-hydrogen) atoms. The summed E-state index contributed by atoms with van der Waals surface area (Å²) in [6.07, 6.45) is 4.85. The number of aryl methyl sites for hydroxylation is 1. The average molecular weight is 350 g/mol. The molecule has 1 atom stereocenters. The van der Waals surface area contributed by atoms with Crippen LogP contribution in [-0.4, -0.2) is 45.3 Å². The van der Waals surface area contributed by atoms with Crippen LogP contribution >= 0.6 is 0 Å². The lowest BCUT2D eigenvalue weighted by Crippen LogP contribution is -2.48. The van der Waals surface area contributed by atoms with Crippen LogP contribution < -0.4 is 0 Å². The van der Waals surface area contributed by atoms with E-state index >= 15 is 0 Å². The number of rotatable bonds is 10. The molecule has 0 aliphatic carbocycles. The van der Waals surface area contributed by atoms with Crippen molar-refractivity contribution in [3.63, 3.8) is 0 Å². The largest absolute Gasteiger partial charge is 0.353 e. The topological polar surface area (TPSA) is 45.6 Å². The molecule has 1 aromatic rings. The molecule has 0 aliphatic rings. The summed E-state index contributed by atoms with van der Waals surface area (Å²) < 4.78 is 2.04. The van der Waals surface area contributed by atoms with Gasteiger partial charge in [-0.2, -0.15) is 0 Å². The van der Waals surface area contributed by atoms with Crippen molar-refractivity contribution in [3.05, 3.63) is 24.0 Å². The normalized spacial score (nSPS) is 12.3. The monoisotopic (exact) mass is 349 g/mol. The quantitative estimate of drug-likeness (QED) is 0.649. The Hall–Kier alpha value is -1.78. The van der Waals surface area contributed by atoms with Gasteiger partial charge in [-0.25, -0.2) is 0 Å². The Morgan fingerprint density at radius 3 is 2.36 bits per heavy atom. The molecular formula is C20H35N3O2. The van der Waals surface area contributed by atoms with Crippen molar-refractivity contribution in [1.29, 1.82) is 0 Å². The van der Waals surface area contributed by atoms with Crippen LogP contribution in [0.1, 0.15) is 59.6 Å². The van der Waals surface area contributed by atoms with Gasteiger partial charge in [-0.05, 0) is 31.9 Å². The molecule has 0 spiro atoms. The van der Waals surface area contributed by atoms with Crippen molar-refractivity contribution < 1.29 is 9.59 Å². The highest BCUT2D eigenvalue weighted by Gasteiger charge is 2.26. The number of nitrogens with zero attached hydrogens (tertiary/aromatic N) is 3. The molecule has 2 amide bonds. The van der Waals surface area contributed by atoms with E-state index in [1.165, 1.54) is 0 Å². The van der Waals surface area contributed by atoms with Gasteiger partial charge in [0.1, 0.15) is 6.54 Å². The number of carbonyl (C=O) groups is 2. The van der Waals surface area contributed by atoms with Gasteiger partial charge in [-0.3, -0.25) is 9.59 Å². The van der Waals surface area contributed by atoms with E-state index in [9.17, 15) is 9.59 Å². The van der Waals surface area contributed by atoms with Crippen LogP contribution in [0.15, 0.2) is 18.3 Å². The molecule has 1 rings (SSSR count). The third kappa shape index (κ3) is 6.22. The van der Waals surface area contributed by atoms with Gasteiger partial charge in [0, 0.05) is 37.4 Å². The smallest absolute Gasteiger partial charge is 0.242 e. The van der Waals surface area contributed by atoms with Crippen LogP contribution in [0.3, 0.4) is 0 Å². The lowest BCUT2D eigenvalue weighted by atomic mass is 10.1. The molecule has 0 aromatic carbocycles. The van der Waals surface area contributed by atoms with E-state index in [0.717, 1.165) is 31.5 Å². The summed E-state index contributed by atoms with van der Waals surface area (Å²) in [7, 11) is 1.99. The highest BCUT2D eigenvalue weighted by Crippen LogP contribution is 2.12. The van der Waals surface area contributed by atoms with Gasteiger partial charge in [-0.1, -0.05) is 34.1 Å². The van der Waals surface area contributed by atoms with E-state index in [-0.39, 0.29) is 30.3 Å². The predicted molar refractivity (Wildman–Crippen MR) is 102 cm³/mol. The molecule has 0 N–H and O–H groups in total. The minimum Gasteiger partial charge on any atom is -0.353 e. The molecule has 0 radical (unpaired) electrons. The minimum absolute atomic E-state index is 0.0314. The van der Waals surface area contributed by atoms with E-state index < -0.39 is 0 Å². The SMILES string of the molecule is CCCCN(Cc1cccn1C)C(=O)CN(C(=O)C(C)C)C(C)CC. The van der Waals surface area contributed by atoms with Gasteiger partial charge in [0.05, 0.1) is 6.54 Å². The Morgan fingerprint density at radius 2 is 1.88 bits per heavy atom. The molecule has 0 aliphatic heterocycles. The van der Waals surface area contributed by atoms with Crippen LogP contribution in [0.25, 0.3) is 0 Å². The van der Waals surface area contributed by atoms with Gasteiger partial charge in [0.2, 0.25) is 11.8 Å². The molecule has 0 bridgehead atoms. The second-order valence-corrected chi connectivity index (χ2v) is 7.16. The molecule has 5 nitrogen and oxygen atoms in total. The van der Waals surface area contributed by atoms with Crippen LogP contribution in [0.4, 0.5) is 0 Å². The summed E-state index contributed by atoms with van der Waals surface area (Å²) in [5.74, 6) is -0.0141. The number of carbonyl (C=O) groups excluding carboxylic acids is 2. The van der Waals surface area contributed by atoms with E-state index in [0.29, 0.717) is 6.54 Å². The molecule has 0 saturated heterocycles. The number of amides is 2. The van der Waals surface area contributed by atoms with Gasteiger partial charge in [0.15, 0.2) is 0 Å². The summed E-state index contributed by atoms with van der Waals surface area (Å²) >= 11 is 0. The Kier molecular flexibility index (Phi) is 8.73. The third-order valence-corrected chi connectivity index (χ3v) is 4.74. The van der Waals surface area contributed by atoms with Gasteiger partial charge < -0.3 is 14.4 Å². The number of aromatic nitrogens is 1. The molecule has 0 saturated carbocycles. The Morgan fingerprint density at radius 1 is 1.20 bits per heavy atom. The first-order valence-corrected chi connectivity index (χ1v) is 9.50. The van der Waals surface area contributed by atoms with E-state index in [1.807, 2.05) is 55.6 Å². The van der Waals surface area contributed by atoms with Crippen molar-refractivity contribution in [2.45, 2.75) is 66.5 Å². The molecule has 1 unspecified atom stereocenters.